The van der Waals surface area contributed by atoms with Gasteiger partial charge in [0.1, 0.15) is 0 Å². The molecule has 0 radical (unpaired) electrons. The van der Waals surface area contributed by atoms with Gasteiger partial charge in [0.05, 0.1) is 0 Å². The highest BCUT2D eigenvalue weighted by molar-refractivity contribution is 5.62. The molecule has 1 aromatic heterocycles. The summed E-state index contributed by atoms with van der Waals surface area (Å²) in [7, 11) is 0. The van der Waals surface area contributed by atoms with E-state index in [2.05, 4.69) is 32.5 Å². The topological polar surface area (TPSA) is 54.2 Å². The van der Waals surface area contributed by atoms with Gasteiger partial charge in [-0.05, 0) is 18.2 Å². The van der Waals surface area contributed by atoms with Crippen molar-refractivity contribution in [1.82, 2.24) is 15.5 Å². The van der Waals surface area contributed by atoms with Crippen LogP contribution in [-0.2, 0) is 0 Å². The lowest BCUT2D eigenvalue weighted by molar-refractivity contribution is 0.532. The van der Waals surface area contributed by atoms with E-state index >= 15 is 0 Å². The third-order valence-corrected chi connectivity index (χ3v) is 3.10. The van der Waals surface area contributed by atoms with Crippen molar-refractivity contribution in [2.75, 3.05) is 31.1 Å². The van der Waals surface area contributed by atoms with E-state index in [-0.39, 0.29) is 0 Å². The molecular weight excluding hydrogens is 228 g/mol. The van der Waals surface area contributed by atoms with Crippen LogP contribution >= 0.6 is 0 Å². The summed E-state index contributed by atoms with van der Waals surface area (Å²) in [5.41, 5.74) is 2.19. The molecule has 5 nitrogen and oxygen atoms in total. The van der Waals surface area contributed by atoms with Gasteiger partial charge in [-0.3, -0.25) is 0 Å². The Morgan fingerprint density at radius 2 is 2.06 bits per heavy atom. The van der Waals surface area contributed by atoms with Crippen molar-refractivity contribution >= 4 is 5.69 Å². The fourth-order valence-corrected chi connectivity index (χ4v) is 2.17. The zero-order chi connectivity index (χ0) is 12.4. The first-order valence-electron chi connectivity index (χ1n) is 6.19. The SMILES string of the molecule is Cc1nnc(-c2cccc(N3CCNCC3)c2)o1. The number of anilines is 1. The van der Waals surface area contributed by atoms with E-state index in [1.165, 1.54) is 5.69 Å². The molecule has 0 aliphatic carbocycles. The van der Waals surface area contributed by atoms with E-state index in [1.54, 1.807) is 6.92 Å². The summed E-state index contributed by atoms with van der Waals surface area (Å²) in [6.07, 6.45) is 0. The molecule has 0 saturated carbocycles. The van der Waals surface area contributed by atoms with Crippen LogP contribution in [0, 0.1) is 6.92 Å². The molecular formula is C13H16N4O. The van der Waals surface area contributed by atoms with Gasteiger partial charge in [0.25, 0.3) is 0 Å². The molecule has 0 unspecified atom stereocenters. The number of hydrogen-bond acceptors (Lipinski definition) is 5. The molecule has 0 bridgehead atoms. The van der Waals surface area contributed by atoms with Crippen molar-refractivity contribution in [3.05, 3.63) is 30.2 Å². The Hall–Kier alpha value is -1.88. The highest BCUT2D eigenvalue weighted by Gasteiger charge is 2.12. The second kappa shape index (κ2) is 4.78. The summed E-state index contributed by atoms with van der Waals surface area (Å²) in [6, 6.07) is 8.27. The molecule has 1 aliphatic heterocycles. The maximum Gasteiger partial charge on any atom is 0.247 e. The van der Waals surface area contributed by atoms with Gasteiger partial charge < -0.3 is 14.6 Å². The predicted octanol–water partition coefficient (Wildman–Crippen LogP) is 1.45. The molecule has 0 spiro atoms. The van der Waals surface area contributed by atoms with Crippen LogP contribution in [0.15, 0.2) is 28.7 Å². The number of rotatable bonds is 2. The van der Waals surface area contributed by atoms with Crippen LogP contribution in [0.1, 0.15) is 5.89 Å². The lowest BCUT2D eigenvalue weighted by Crippen LogP contribution is -2.43. The van der Waals surface area contributed by atoms with Gasteiger partial charge in [-0.15, -0.1) is 10.2 Å². The number of piperazine rings is 1. The summed E-state index contributed by atoms with van der Waals surface area (Å²) < 4.78 is 5.46. The van der Waals surface area contributed by atoms with Crippen LogP contribution in [0.25, 0.3) is 11.5 Å². The Morgan fingerprint density at radius 3 is 2.78 bits per heavy atom. The maximum atomic E-state index is 5.46. The molecule has 1 aliphatic rings. The minimum atomic E-state index is 0.587. The summed E-state index contributed by atoms with van der Waals surface area (Å²) in [4.78, 5) is 2.36. The second-order valence-electron chi connectivity index (χ2n) is 4.41. The number of nitrogens with zero attached hydrogens (tertiary/aromatic N) is 3. The first-order valence-corrected chi connectivity index (χ1v) is 6.19. The van der Waals surface area contributed by atoms with Crippen molar-refractivity contribution in [3.63, 3.8) is 0 Å². The second-order valence-corrected chi connectivity index (χ2v) is 4.41. The van der Waals surface area contributed by atoms with Gasteiger partial charge in [0.2, 0.25) is 11.8 Å². The van der Waals surface area contributed by atoms with Gasteiger partial charge in [-0.25, -0.2) is 0 Å². The van der Waals surface area contributed by atoms with E-state index in [1.807, 2.05) is 12.1 Å². The number of aromatic nitrogens is 2. The van der Waals surface area contributed by atoms with Gasteiger partial charge in [0.15, 0.2) is 0 Å². The third-order valence-electron chi connectivity index (χ3n) is 3.10. The van der Waals surface area contributed by atoms with Gasteiger partial charge in [0, 0.05) is 44.4 Å². The molecule has 3 rings (SSSR count). The van der Waals surface area contributed by atoms with E-state index < -0.39 is 0 Å². The average Bonchev–Trinajstić information content (AvgIpc) is 2.87. The van der Waals surface area contributed by atoms with Gasteiger partial charge >= 0.3 is 0 Å². The van der Waals surface area contributed by atoms with Crippen LogP contribution in [-0.4, -0.2) is 36.4 Å². The van der Waals surface area contributed by atoms with Crippen molar-refractivity contribution in [2.45, 2.75) is 6.92 Å². The minimum Gasteiger partial charge on any atom is -0.421 e. The fourth-order valence-electron chi connectivity index (χ4n) is 2.17. The number of hydrogen-bond donors (Lipinski definition) is 1. The molecule has 1 aromatic carbocycles. The monoisotopic (exact) mass is 244 g/mol. The summed E-state index contributed by atoms with van der Waals surface area (Å²) >= 11 is 0. The standard InChI is InChI=1S/C13H16N4O/c1-10-15-16-13(18-10)11-3-2-4-12(9-11)17-7-5-14-6-8-17/h2-4,9,14H,5-8H2,1H3. The summed E-state index contributed by atoms with van der Waals surface area (Å²) in [5, 5.41) is 11.3. The minimum absolute atomic E-state index is 0.587. The maximum absolute atomic E-state index is 5.46. The average molecular weight is 244 g/mol. The molecule has 2 aromatic rings. The molecule has 5 heteroatoms. The predicted molar refractivity (Wildman–Crippen MR) is 69.6 cm³/mol. The molecule has 94 valence electrons. The Bertz CT molecular complexity index is 531. The van der Waals surface area contributed by atoms with Crippen LogP contribution in [0.5, 0.6) is 0 Å². The third kappa shape index (κ3) is 2.22. The van der Waals surface area contributed by atoms with Crippen molar-refractivity contribution in [3.8, 4) is 11.5 Å². The van der Waals surface area contributed by atoms with E-state index in [0.717, 1.165) is 31.7 Å². The van der Waals surface area contributed by atoms with E-state index in [9.17, 15) is 0 Å². The molecule has 0 atom stereocenters. The first kappa shape index (κ1) is 11.2. The summed E-state index contributed by atoms with van der Waals surface area (Å²) in [6.45, 7) is 5.93. The van der Waals surface area contributed by atoms with Crippen LogP contribution in [0.3, 0.4) is 0 Å². The lowest BCUT2D eigenvalue weighted by Gasteiger charge is -2.29. The molecule has 18 heavy (non-hydrogen) atoms. The van der Waals surface area contributed by atoms with E-state index in [4.69, 9.17) is 4.42 Å². The zero-order valence-electron chi connectivity index (χ0n) is 10.4. The van der Waals surface area contributed by atoms with Crippen molar-refractivity contribution in [1.29, 1.82) is 0 Å². The molecule has 1 saturated heterocycles. The highest BCUT2D eigenvalue weighted by atomic mass is 16.4. The molecule has 2 heterocycles. The Morgan fingerprint density at radius 1 is 1.22 bits per heavy atom. The van der Waals surface area contributed by atoms with Gasteiger partial charge in [-0.2, -0.15) is 0 Å². The smallest absolute Gasteiger partial charge is 0.247 e. The number of benzene rings is 1. The Labute approximate surface area is 106 Å². The lowest BCUT2D eigenvalue weighted by atomic mass is 10.1. The van der Waals surface area contributed by atoms with Crippen LogP contribution in [0.4, 0.5) is 5.69 Å². The quantitative estimate of drug-likeness (QED) is 0.866. The number of aryl methyl sites for hydroxylation is 1. The van der Waals surface area contributed by atoms with Crippen molar-refractivity contribution < 1.29 is 4.42 Å². The van der Waals surface area contributed by atoms with Gasteiger partial charge in [-0.1, -0.05) is 6.07 Å². The highest BCUT2D eigenvalue weighted by Crippen LogP contribution is 2.23. The largest absolute Gasteiger partial charge is 0.421 e. The van der Waals surface area contributed by atoms with Crippen molar-refractivity contribution in [2.24, 2.45) is 0 Å². The zero-order valence-corrected chi connectivity index (χ0v) is 10.4. The molecule has 1 N–H and O–H groups in total. The summed E-state index contributed by atoms with van der Waals surface area (Å²) in [5.74, 6) is 1.18. The van der Waals surface area contributed by atoms with Crippen LogP contribution < -0.4 is 10.2 Å². The molecule has 0 amide bonds. The fraction of sp³-hybridized carbons (Fsp3) is 0.385. The number of nitrogens with one attached hydrogen (secondary N) is 1. The first-order chi connectivity index (χ1) is 8.83. The van der Waals surface area contributed by atoms with E-state index in [0.29, 0.717) is 11.8 Å². The Balaban J connectivity index is 1.88. The normalized spacial score (nSPS) is 15.9. The molecule has 1 fully saturated rings. The Kier molecular flexibility index (Phi) is 2.98. The van der Waals surface area contributed by atoms with Crippen LogP contribution in [0.2, 0.25) is 0 Å².